The van der Waals surface area contributed by atoms with Crippen molar-refractivity contribution in [1.82, 2.24) is 0 Å². The maximum Gasteiger partial charge on any atom is 0.255 e. The van der Waals surface area contributed by atoms with Crippen molar-refractivity contribution in [2.24, 2.45) is 0 Å². The van der Waals surface area contributed by atoms with E-state index in [0.717, 1.165) is 3.57 Å². The number of amides is 1. The second kappa shape index (κ2) is 6.11. The summed E-state index contributed by atoms with van der Waals surface area (Å²) in [5.74, 6) is -0.329. The van der Waals surface area contributed by atoms with Crippen molar-refractivity contribution in [2.45, 2.75) is 0 Å². The summed E-state index contributed by atoms with van der Waals surface area (Å²) in [5.41, 5.74) is 7.23. The number of nitrogens with two attached hydrogens (primary N) is 1. The number of carbonyl (C=O) groups excluding carboxylic acids is 1. The number of rotatable bonds is 2. The van der Waals surface area contributed by atoms with Gasteiger partial charge in [-0.3, -0.25) is 4.79 Å². The normalized spacial score (nSPS) is 9.85. The van der Waals surface area contributed by atoms with Gasteiger partial charge in [-0.2, -0.15) is 5.26 Å². The van der Waals surface area contributed by atoms with Crippen molar-refractivity contribution in [3.63, 3.8) is 0 Å². The summed E-state index contributed by atoms with van der Waals surface area (Å²) in [4.78, 5) is 12.1. The molecular weight excluding hydrogens is 389 g/mol. The minimum Gasteiger partial charge on any atom is -0.399 e. The summed E-state index contributed by atoms with van der Waals surface area (Å²) in [6, 6.07) is 11.7. The molecule has 0 atom stereocenters. The van der Waals surface area contributed by atoms with Crippen LogP contribution in [0.4, 0.5) is 11.4 Å². The number of hydrogen-bond acceptors (Lipinski definition) is 3. The topological polar surface area (TPSA) is 78.9 Å². The summed E-state index contributed by atoms with van der Waals surface area (Å²) in [5, 5.41) is 12.2. The van der Waals surface area contributed by atoms with Crippen LogP contribution in [0.1, 0.15) is 15.9 Å². The number of nitrogens with zero attached hydrogens (tertiary/aromatic N) is 1. The van der Waals surface area contributed by atoms with Crippen molar-refractivity contribution >= 4 is 51.5 Å². The van der Waals surface area contributed by atoms with Gasteiger partial charge in [0.05, 0.1) is 16.3 Å². The van der Waals surface area contributed by atoms with E-state index in [2.05, 4.69) is 27.9 Å². The Kier molecular flexibility index (Phi) is 4.47. The van der Waals surface area contributed by atoms with Crippen LogP contribution in [0.2, 0.25) is 5.02 Å². The Hall–Kier alpha value is -1.78. The molecule has 0 fully saturated rings. The Morgan fingerprint density at radius 1 is 1.30 bits per heavy atom. The third kappa shape index (κ3) is 3.21. The average molecular weight is 398 g/mol. The molecule has 6 heteroatoms. The van der Waals surface area contributed by atoms with Crippen LogP contribution >= 0.6 is 34.2 Å². The molecule has 4 nitrogen and oxygen atoms in total. The van der Waals surface area contributed by atoms with Crippen LogP contribution in [0.15, 0.2) is 36.4 Å². The van der Waals surface area contributed by atoms with E-state index in [4.69, 9.17) is 22.6 Å². The Labute approximate surface area is 134 Å². The lowest BCUT2D eigenvalue weighted by molar-refractivity contribution is 0.102. The van der Waals surface area contributed by atoms with Crippen molar-refractivity contribution in [2.75, 3.05) is 11.1 Å². The fourth-order valence-corrected chi connectivity index (χ4v) is 2.11. The van der Waals surface area contributed by atoms with Gasteiger partial charge in [0, 0.05) is 14.8 Å². The van der Waals surface area contributed by atoms with E-state index in [1.807, 2.05) is 6.07 Å². The number of nitriles is 1. The first-order valence-electron chi connectivity index (χ1n) is 5.57. The van der Waals surface area contributed by atoms with Crippen LogP contribution in [-0.2, 0) is 0 Å². The first-order valence-corrected chi connectivity index (χ1v) is 7.03. The number of anilines is 2. The first-order chi connectivity index (χ1) is 9.51. The zero-order valence-electron chi connectivity index (χ0n) is 10.2. The molecule has 0 aliphatic carbocycles. The molecule has 0 saturated heterocycles. The minimum absolute atomic E-state index is 0.315. The molecule has 0 bridgehead atoms. The van der Waals surface area contributed by atoms with Gasteiger partial charge in [-0.05, 0) is 59.0 Å². The van der Waals surface area contributed by atoms with Crippen LogP contribution in [0, 0.1) is 14.9 Å². The smallest absolute Gasteiger partial charge is 0.255 e. The molecule has 0 aliphatic rings. The zero-order valence-corrected chi connectivity index (χ0v) is 13.1. The molecule has 2 aromatic rings. The Bertz CT molecular complexity index is 725. The third-order valence-electron chi connectivity index (χ3n) is 2.59. The highest BCUT2D eigenvalue weighted by Crippen LogP contribution is 2.22. The van der Waals surface area contributed by atoms with Crippen LogP contribution < -0.4 is 11.1 Å². The van der Waals surface area contributed by atoms with E-state index < -0.39 is 0 Å². The van der Waals surface area contributed by atoms with Gasteiger partial charge < -0.3 is 11.1 Å². The Morgan fingerprint density at radius 2 is 2.05 bits per heavy atom. The second-order valence-electron chi connectivity index (χ2n) is 4.00. The first kappa shape index (κ1) is 14.6. The SMILES string of the molecule is N#Cc1cc(N)ccc1NC(=O)c1ccc(I)c(Cl)c1. The van der Waals surface area contributed by atoms with Gasteiger partial charge in [0.1, 0.15) is 6.07 Å². The quantitative estimate of drug-likeness (QED) is 0.600. The Morgan fingerprint density at radius 3 is 2.70 bits per heavy atom. The predicted molar refractivity (Wildman–Crippen MR) is 87.7 cm³/mol. The number of benzene rings is 2. The maximum atomic E-state index is 12.1. The summed E-state index contributed by atoms with van der Waals surface area (Å²) < 4.78 is 0.867. The van der Waals surface area contributed by atoms with Crippen LogP contribution in [0.3, 0.4) is 0 Å². The number of hydrogen-bond donors (Lipinski definition) is 2. The molecule has 1 amide bonds. The molecule has 0 aromatic heterocycles. The van der Waals surface area contributed by atoms with Crippen molar-refractivity contribution in [1.29, 1.82) is 5.26 Å². The maximum absolute atomic E-state index is 12.1. The minimum atomic E-state index is -0.329. The molecule has 0 aliphatic heterocycles. The standard InChI is InChI=1S/C14H9ClIN3O/c15-11-6-8(1-3-12(11)16)14(20)19-13-4-2-10(18)5-9(13)7-17/h1-6H,18H2,(H,19,20). The van der Waals surface area contributed by atoms with Gasteiger partial charge in [-0.15, -0.1) is 0 Å². The van der Waals surface area contributed by atoms with Gasteiger partial charge in [0.2, 0.25) is 0 Å². The van der Waals surface area contributed by atoms with E-state index >= 15 is 0 Å². The molecular formula is C14H9ClIN3O. The van der Waals surface area contributed by atoms with Crippen molar-refractivity contribution < 1.29 is 4.79 Å². The van der Waals surface area contributed by atoms with E-state index in [1.54, 1.807) is 30.3 Å². The highest BCUT2D eigenvalue weighted by molar-refractivity contribution is 14.1. The number of carbonyl (C=O) groups is 1. The summed E-state index contributed by atoms with van der Waals surface area (Å²) in [6.45, 7) is 0. The molecule has 0 radical (unpaired) electrons. The monoisotopic (exact) mass is 397 g/mol. The summed E-state index contributed by atoms with van der Waals surface area (Å²) in [7, 11) is 0. The highest BCUT2D eigenvalue weighted by atomic mass is 127. The molecule has 100 valence electrons. The van der Waals surface area contributed by atoms with Gasteiger partial charge in [0.15, 0.2) is 0 Å². The van der Waals surface area contributed by atoms with E-state index in [0.29, 0.717) is 27.5 Å². The summed E-state index contributed by atoms with van der Waals surface area (Å²) >= 11 is 8.07. The lowest BCUT2D eigenvalue weighted by Gasteiger charge is -2.08. The van der Waals surface area contributed by atoms with E-state index in [1.165, 1.54) is 6.07 Å². The lowest BCUT2D eigenvalue weighted by Crippen LogP contribution is -2.13. The fourth-order valence-electron chi connectivity index (χ4n) is 1.60. The van der Waals surface area contributed by atoms with Gasteiger partial charge in [-0.25, -0.2) is 0 Å². The predicted octanol–water partition coefficient (Wildman–Crippen LogP) is 3.65. The molecule has 3 N–H and O–H groups in total. The fraction of sp³-hybridized carbons (Fsp3) is 0. The molecule has 0 spiro atoms. The van der Waals surface area contributed by atoms with E-state index in [-0.39, 0.29) is 5.91 Å². The Balaban J connectivity index is 2.28. The summed E-state index contributed by atoms with van der Waals surface area (Å²) in [6.07, 6.45) is 0. The van der Waals surface area contributed by atoms with Crippen molar-refractivity contribution in [3.8, 4) is 6.07 Å². The van der Waals surface area contributed by atoms with E-state index in [9.17, 15) is 4.79 Å². The molecule has 0 heterocycles. The largest absolute Gasteiger partial charge is 0.399 e. The molecule has 0 unspecified atom stereocenters. The van der Waals surface area contributed by atoms with Crippen LogP contribution in [0.5, 0.6) is 0 Å². The highest BCUT2D eigenvalue weighted by Gasteiger charge is 2.11. The second-order valence-corrected chi connectivity index (χ2v) is 5.57. The molecule has 0 saturated carbocycles. The number of nitrogen functional groups attached to an aromatic ring is 1. The van der Waals surface area contributed by atoms with Crippen LogP contribution in [0.25, 0.3) is 0 Å². The lowest BCUT2D eigenvalue weighted by atomic mass is 10.1. The molecule has 2 aromatic carbocycles. The van der Waals surface area contributed by atoms with Gasteiger partial charge in [-0.1, -0.05) is 11.6 Å². The average Bonchev–Trinajstić information content (AvgIpc) is 2.43. The third-order valence-corrected chi connectivity index (χ3v) is 4.17. The van der Waals surface area contributed by atoms with Gasteiger partial charge >= 0.3 is 0 Å². The van der Waals surface area contributed by atoms with Crippen molar-refractivity contribution in [3.05, 3.63) is 56.1 Å². The molecule has 2 rings (SSSR count). The zero-order chi connectivity index (χ0) is 14.7. The van der Waals surface area contributed by atoms with Crippen LogP contribution in [-0.4, -0.2) is 5.91 Å². The number of nitrogens with one attached hydrogen (secondary N) is 1. The number of halogens is 2. The van der Waals surface area contributed by atoms with Gasteiger partial charge in [0.25, 0.3) is 5.91 Å². The molecule has 20 heavy (non-hydrogen) atoms.